The van der Waals surface area contributed by atoms with Crippen molar-refractivity contribution < 1.29 is 4.74 Å². The highest BCUT2D eigenvalue weighted by molar-refractivity contribution is 7.08. The summed E-state index contributed by atoms with van der Waals surface area (Å²) in [5.41, 5.74) is 7.30. The third kappa shape index (κ3) is 8.73. The van der Waals surface area contributed by atoms with Crippen LogP contribution in [0.4, 0.5) is 0 Å². The molecule has 0 aliphatic rings. The van der Waals surface area contributed by atoms with Crippen LogP contribution in [-0.2, 0) is 4.74 Å². The molecular weight excluding hydrogens is 420 g/mol. The van der Waals surface area contributed by atoms with Gasteiger partial charge in [0, 0.05) is 12.5 Å². The van der Waals surface area contributed by atoms with Crippen molar-refractivity contribution in [1.29, 1.82) is 0 Å². The molecule has 1 heterocycles. The molecule has 0 atom stereocenters. The Balaban J connectivity index is 1.72. The molecule has 0 radical (unpaired) electrons. The molecule has 0 bridgehead atoms. The molecule has 0 saturated heterocycles. The van der Waals surface area contributed by atoms with Crippen molar-refractivity contribution in [1.82, 2.24) is 0 Å². The van der Waals surface area contributed by atoms with Gasteiger partial charge >= 0.3 is 0 Å². The van der Waals surface area contributed by atoms with E-state index in [0.29, 0.717) is 6.61 Å². The minimum Gasteiger partial charge on any atom is -0.380 e. The van der Waals surface area contributed by atoms with Gasteiger partial charge in [0.15, 0.2) is 0 Å². The van der Waals surface area contributed by atoms with Crippen molar-refractivity contribution in [3.63, 3.8) is 0 Å². The van der Waals surface area contributed by atoms with Crippen molar-refractivity contribution in [3.8, 4) is 23.0 Å². The van der Waals surface area contributed by atoms with Crippen LogP contribution in [0.3, 0.4) is 0 Å². The fraction of sp³-hybridized carbons (Fsp3) is 0.226. The molecule has 33 heavy (non-hydrogen) atoms. The minimum atomic E-state index is 0.0225. The average molecular weight is 453 g/mol. The van der Waals surface area contributed by atoms with E-state index in [1.807, 2.05) is 6.08 Å². The number of benzene rings is 2. The molecule has 0 unspecified atom stereocenters. The molecule has 3 rings (SSSR count). The van der Waals surface area contributed by atoms with Crippen LogP contribution in [0.25, 0.3) is 29.4 Å². The first-order chi connectivity index (χ1) is 15.9. The second kappa shape index (κ2) is 12.2. The monoisotopic (exact) mass is 452 g/mol. The molecule has 0 fully saturated rings. The van der Waals surface area contributed by atoms with Gasteiger partial charge in [0.05, 0.1) is 6.61 Å². The zero-order valence-corrected chi connectivity index (χ0v) is 20.8. The highest BCUT2D eigenvalue weighted by Crippen LogP contribution is 2.24. The van der Waals surface area contributed by atoms with E-state index in [-0.39, 0.29) is 5.41 Å². The third-order valence-corrected chi connectivity index (χ3v) is 5.53. The summed E-state index contributed by atoms with van der Waals surface area (Å²) < 4.78 is 5.41. The van der Waals surface area contributed by atoms with Crippen LogP contribution in [0.5, 0.6) is 0 Å². The van der Waals surface area contributed by atoms with Gasteiger partial charge in [0.2, 0.25) is 0 Å². The first-order valence-electron chi connectivity index (χ1n) is 11.2. The Kier molecular flexibility index (Phi) is 9.07. The normalized spacial score (nSPS) is 12.3. The van der Waals surface area contributed by atoms with Crippen LogP contribution in [0.2, 0.25) is 0 Å². The molecule has 0 spiro atoms. The molecule has 0 saturated carbocycles. The number of methoxy groups -OCH3 is 1. The largest absolute Gasteiger partial charge is 0.380 e. The lowest BCUT2D eigenvalue weighted by Gasteiger charge is -2.06. The summed E-state index contributed by atoms with van der Waals surface area (Å²) in [4.78, 5) is 0. The lowest BCUT2D eigenvalue weighted by atomic mass is 9.98. The van der Waals surface area contributed by atoms with Gasteiger partial charge in [0.25, 0.3) is 0 Å². The molecule has 2 aromatic carbocycles. The number of rotatable bonds is 8. The van der Waals surface area contributed by atoms with Gasteiger partial charge in [0.1, 0.15) is 0 Å². The van der Waals surface area contributed by atoms with Crippen molar-refractivity contribution in [2.24, 2.45) is 5.41 Å². The Morgan fingerprint density at radius 2 is 1.67 bits per heavy atom. The van der Waals surface area contributed by atoms with Gasteiger partial charge in [-0.15, -0.1) is 0 Å². The SMILES string of the molecule is COC/C(=C/c1cccc(/C=C/c2cccc(-c3ccsc3)c2)c1)C/C=C/C#CC(C)(C)C. The molecule has 1 nitrogen and oxygen atoms in total. The molecule has 0 aliphatic heterocycles. The Morgan fingerprint density at radius 1 is 0.939 bits per heavy atom. The summed E-state index contributed by atoms with van der Waals surface area (Å²) in [6.07, 6.45) is 11.4. The fourth-order valence-corrected chi connectivity index (χ4v) is 3.97. The number of hydrogen-bond acceptors (Lipinski definition) is 2. The molecule has 1 aromatic heterocycles. The van der Waals surface area contributed by atoms with E-state index in [1.165, 1.54) is 33.4 Å². The number of allylic oxidation sites excluding steroid dienone is 2. The van der Waals surface area contributed by atoms with Gasteiger partial charge < -0.3 is 4.74 Å². The van der Waals surface area contributed by atoms with Crippen LogP contribution in [0, 0.1) is 17.3 Å². The molecule has 168 valence electrons. The summed E-state index contributed by atoms with van der Waals surface area (Å²) in [7, 11) is 1.74. The summed E-state index contributed by atoms with van der Waals surface area (Å²) in [6.45, 7) is 6.95. The molecular formula is C31H32OS. The van der Waals surface area contributed by atoms with Crippen LogP contribution < -0.4 is 0 Å². The van der Waals surface area contributed by atoms with Crippen LogP contribution in [-0.4, -0.2) is 13.7 Å². The molecule has 2 heteroatoms. The smallest absolute Gasteiger partial charge is 0.0679 e. The van der Waals surface area contributed by atoms with E-state index in [2.05, 4.69) is 122 Å². The van der Waals surface area contributed by atoms with Gasteiger partial charge in [-0.3, -0.25) is 0 Å². The van der Waals surface area contributed by atoms with Crippen LogP contribution in [0.1, 0.15) is 43.9 Å². The van der Waals surface area contributed by atoms with E-state index < -0.39 is 0 Å². The van der Waals surface area contributed by atoms with E-state index >= 15 is 0 Å². The van der Waals surface area contributed by atoms with E-state index in [4.69, 9.17) is 4.74 Å². The van der Waals surface area contributed by atoms with Crippen molar-refractivity contribution in [3.05, 3.63) is 99.8 Å². The number of ether oxygens (including phenoxy) is 1. The number of thiophene rings is 1. The van der Waals surface area contributed by atoms with Gasteiger partial charge in [-0.25, -0.2) is 0 Å². The second-order valence-corrected chi connectivity index (χ2v) is 9.78. The quantitative estimate of drug-likeness (QED) is 0.245. The van der Waals surface area contributed by atoms with Gasteiger partial charge in [-0.2, -0.15) is 11.3 Å². The molecule has 0 amide bonds. The first-order valence-corrected chi connectivity index (χ1v) is 12.1. The van der Waals surface area contributed by atoms with Crippen molar-refractivity contribution in [2.75, 3.05) is 13.7 Å². The Hall–Kier alpha value is -3.12. The molecule has 0 N–H and O–H groups in total. The van der Waals surface area contributed by atoms with Gasteiger partial charge in [-0.1, -0.05) is 72.5 Å². The highest BCUT2D eigenvalue weighted by Gasteiger charge is 2.02. The summed E-state index contributed by atoms with van der Waals surface area (Å²) >= 11 is 1.73. The Bertz CT molecular complexity index is 1180. The predicted molar refractivity (Wildman–Crippen MR) is 146 cm³/mol. The lowest BCUT2D eigenvalue weighted by molar-refractivity contribution is 0.225. The Labute approximate surface area is 203 Å². The zero-order chi connectivity index (χ0) is 23.5. The lowest BCUT2D eigenvalue weighted by Crippen LogP contribution is -1.98. The van der Waals surface area contributed by atoms with Crippen LogP contribution >= 0.6 is 11.3 Å². The third-order valence-electron chi connectivity index (χ3n) is 4.85. The predicted octanol–water partition coefficient (Wildman–Crippen LogP) is 8.61. The average Bonchev–Trinajstić information content (AvgIpc) is 3.32. The maximum atomic E-state index is 5.41. The van der Waals surface area contributed by atoms with E-state index in [0.717, 1.165) is 6.42 Å². The summed E-state index contributed by atoms with van der Waals surface area (Å²) in [5.74, 6) is 6.36. The van der Waals surface area contributed by atoms with Gasteiger partial charge in [-0.05, 0) is 95.6 Å². The zero-order valence-electron chi connectivity index (χ0n) is 20.0. The van der Waals surface area contributed by atoms with E-state index in [1.54, 1.807) is 18.4 Å². The summed E-state index contributed by atoms with van der Waals surface area (Å²) in [6, 6.07) is 19.4. The maximum Gasteiger partial charge on any atom is 0.0679 e. The van der Waals surface area contributed by atoms with Crippen molar-refractivity contribution >= 4 is 29.6 Å². The minimum absolute atomic E-state index is 0.0225. The maximum absolute atomic E-state index is 5.41. The molecule has 0 aliphatic carbocycles. The molecule has 3 aromatic rings. The number of hydrogen-bond donors (Lipinski definition) is 0. The Morgan fingerprint density at radius 3 is 2.36 bits per heavy atom. The fourth-order valence-electron chi connectivity index (χ4n) is 3.30. The summed E-state index contributed by atoms with van der Waals surface area (Å²) in [5, 5.41) is 4.30. The standard InChI is InChI=1S/C31H32OS/c1-31(2,3)18-7-5-6-10-28(23-32-4)21-27-13-8-11-25(20-27)15-16-26-12-9-14-29(22-26)30-17-19-33-24-30/h5-6,8-9,11-17,19-22,24H,10,23H2,1-4H3/b6-5+,16-15+,28-21+. The van der Waals surface area contributed by atoms with Crippen LogP contribution in [0.15, 0.2) is 83.1 Å². The van der Waals surface area contributed by atoms with E-state index in [9.17, 15) is 0 Å². The van der Waals surface area contributed by atoms with Crippen molar-refractivity contribution in [2.45, 2.75) is 27.2 Å². The topological polar surface area (TPSA) is 9.23 Å². The second-order valence-electron chi connectivity index (χ2n) is 9.00. The highest BCUT2D eigenvalue weighted by atomic mass is 32.1. The first kappa shape index (κ1) is 24.5.